The molecular weight excluding hydrogens is 531 g/mol. The van der Waals surface area contributed by atoms with Crippen molar-refractivity contribution in [3.8, 4) is 17.1 Å². The Morgan fingerprint density at radius 1 is 0.946 bits per heavy atom. The summed E-state index contributed by atoms with van der Waals surface area (Å²) in [5.74, 6) is 2.24. The van der Waals surface area contributed by atoms with Gasteiger partial charge in [-0.15, -0.1) is 17.7 Å². The average molecular weight is 555 g/mol. The number of hydrogen-bond donors (Lipinski definition) is 0. The fourth-order valence-electron chi connectivity index (χ4n) is 5.43. The minimum absolute atomic E-state index is 0. The Morgan fingerprint density at radius 3 is 2.59 bits per heavy atom. The number of fused-ring (bicyclic) bond motifs is 4. The van der Waals surface area contributed by atoms with Crippen LogP contribution in [0.5, 0.6) is 0 Å². The molecule has 2 heterocycles. The number of para-hydroxylation sites is 3. The Bertz CT molecular complexity index is 1720. The number of oxazole rings is 1. The maximum Gasteiger partial charge on any atom is 0.229 e. The van der Waals surface area contributed by atoms with E-state index in [-0.39, 0.29) is 44.5 Å². The summed E-state index contributed by atoms with van der Waals surface area (Å²) in [6, 6.07) is 27.2. The fraction of sp³-hybridized carbons (Fsp3) is 0.125. The van der Waals surface area contributed by atoms with Crippen molar-refractivity contribution in [2.24, 2.45) is 13.0 Å². The molecule has 0 fully saturated rings. The van der Waals surface area contributed by atoms with Crippen LogP contribution in [0.1, 0.15) is 28.5 Å². The summed E-state index contributed by atoms with van der Waals surface area (Å²) in [7, 11) is 2.13. The molecule has 4 nitrogen and oxygen atoms in total. The summed E-state index contributed by atoms with van der Waals surface area (Å²) >= 11 is 0. The number of aromatic nitrogens is 3. The van der Waals surface area contributed by atoms with Crippen molar-refractivity contribution >= 4 is 22.7 Å². The van der Waals surface area contributed by atoms with Crippen LogP contribution in [-0.4, -0.2) is 9.55 Å². The number of allylic oxidation sites excluding steroid dienone is 5. The van der Waals surface area contributed by atoms with E-state index in [1.54, 1.807) is 0 Å². The summed E-state index contributed by atoms with van der Waals surface area (Å²) in [6.45, 7) is 2.15. The van der Waals surface area contributed by atoms with Gasteiger partial charge in [-0.25, -0.2) is 27.3 Å². The number of hydrogen-bond acceptors (Lipinski definition) is 2. The van der Waals surface area contributed by atoms with Gasteiger partial charge in [0.2, 0.25) is 5.82 Å². The maximum absolute atomic E-state index is 5.75. The molecule has 2 aromatic heterocycles. The monoisotopic (exact) mass is 555 g/mol. The van der Waals surface area contributed by atoms with Gasteiger partial charge >= 0.3 is 0 Å². The van der Waals surface area contributed by atoms with E-state index in [9.17, 15) is 0 Å². The zero-order valence-electron chi connectivity index (χ0n) is 20.7. The predicted octanol–water partition coefficient (Wildman–Crippen LogP) is 6.40. The van der Waals surface area contributed by atoms with Crippen LogP contribution >= 0.6 is 0 Å². The molecule has 2 aliphatic carbocycles. The average Bonchev–Trinajstić information content (AvgIpc) is 3.52. The maximum atomic E-state index is 5.75. The molecule has 0 amide bonds. The zero-order valence-corrected chi connectivity index (χ0v) is 23.6. The van der Waals surface area contributed by atoms with Crippen molar-refractivity contribution in [2.75, 3.05) is 0 Å². The molecule has 0 saturated heterocycles. The molecule has 2 aliphatic rings. The summed E-state index contributed by atoms with van der Waals surface area (Å²) in [4.78, 5) is 4.34. The second kappa shape index (κ2) is 9.52. The van der Waals surface area contributed by atoms with Gasteiger partial charge in [-0.3, -0.25) is 10.1 Å². The van der Waals surface area contributed by atoms with Gasteiger partial charge in [0.1, 0.15) is 17.1 Å². The van der Waals surface area contributed by atoms with Crippen molar-refractivity contribution in [2.45, 2.75) is 12.8 Å². The molecule has 0 saturated carbocycles. The van der Waals surface area contributed by atoms with Gasteiger partial charge in [-0.05, 0) is 47.7 Å². The predicted molar refractivity (Wildman–Crippen MR) is 141 cm³/mol. The molecule has 1 radical (unpaired) electrons. The third-order valence-electron chi connectivity index (χ3n) is 7.26. The third-order valence-corrected chi connectivity index (χ3v) is 7.26. The Labute approximate surface area is 241 Å². The Morgan fingerprint density at radius 2 is 1.73 bits per heavy atom. The van der Waals surface area contributed by atoms with Gasteiger partial charge in [-0.2, -0.15) is 12.1 Å². The minimum Gasteiger partial charge on any atom is -0.448 e. The molecule has 177 valence electrons. The van der Waals surface area contributed by atoms with Crippen LogP contribution in [0, 0.1) is 25.0 Å². The first kappa shape index (κ1) is 24.0. The molecule has 37 heavy (non-hydrogen) atoms. The van der Waals surface area contributed by atoms with E-state index in [1.165, 1.54) is 17.5 Å². The minimum atomic E-state index is 0. The number of nitrogens with zero attached hydrogens (tertiary/aromatic N) is 3. The molecule has 5 heteroatoms. The molecule has 0 N–H and O–H groups in total. The van der Waals surface area contributed by atoms with Gasteiger partial charge in [0.25, 0.3) is 0 Å². The first-order valence-electron chi connectivity index (χ1n) is 12.2. The zero-order chi connectivity index (χ0) is 24.2. The van der Waals surface area contributed by atoms with Crippen molar-refractivity contribution < 1.29 is 41.7 Å². The Hall–Kier alpha value is -3.34. The van der Waals surface area contributed by atoms with Gasteiger partial charge in [0.15, 0.2) is 17.4 Å². The second-order valence-electron chi connectivity index (χ2n) is 9.41. The molecule has 3 aromatic carbocycles. The molecular formula is C32H24N3OY-. The van der Waals surface area contributed by atoms with Crippen molar-refractivity contribution in [3.63, 3.8) is 0 Å². The summed E-state index contributed by atoms with van der Waals surface area (Å²) in [6.07, 6.45) is 13.8. The third kappa shape index (κ3) is 3.91. The fourth-order valence-corrected chi connectivity index (χ4v) is 5.43. The second-order valence-corrected chi connectivity index (χ2v) is 9.41. The molecule has 2 unspecified atom stereocenters. The molecule has 0 spiro atoms. The van der Waals surface area contributed by atoms with E-state index < -0.39 is 0 Å². The summed E-state index contributed by atoms with van der Waals surface area (Å²) in [5.41, 5.74) is 8.65. The van der Waals surface area contributed by atoms with Crippen LogP contribution < -0.4 is 4.57 Å². The number of imidazole rings is 1. The van der Waals surface area contributed by atoms with Crippen LogP contribution in [0.25, 0.3) is 39.8 Å². The van der Waals surface area contributed by atoms with Crippen molar-refractivity contribution in [3.05, 3.63) is 126 Å². The summed E-state index contributed by atoms with van der Waals surface area (Å²) < 4.78 is 10.3. The van der Waals surface area contributed by atoms with Gasteiger partial charge in [0, 0.05) is 32.7 Å². The van der Waals surface area contributed by atoms with E-state index >= 15 is 0 Å². The van der Waals surface area contributed by atoms with E-state index in [4.69, 9.17) is 4.42 Å². The van der Waals surface area contributed by atoms with Crippen LogP contribution in [0.3, 0.4) is 0 Å². The van der Waals surface area contributed by atoms with E-state index in [1.807, 2.05) is 6.08 Å². The van der Waals surface area contributed by atoms with Crippen LogP contribution in [0.2, 0.25) is 0 Å². The molecule has 5 aromatic rings. The Kier molecular flexibility index (Phi) is 6.18. The normalized spacial score (nSPS) is 17.7. The van der Waals surface area contributed by atoms with Gasteiger partial charge in [0.05, 0.1) is 7.05 Å². The van der Waals surface area contributed by atoms with Crippen LogP contribution in [0.15, 0.2) is 95.8 Å². The smallest absolute Gasteiger partial charge is 0.229 e. The van der Waals surface area contributed by atoms with E-state index in [2.05, 4.69) is 125 Å². The van der Waals surface area contributed by atoms with Crippen molar-refractivity contribution in [1.82, 2.24) is 9.55 Å². The standard InChI is InChI=1S/C32H24N3O.Y/c1-21-12-13-23(24-15-14-22-16-17-28-31(27(22)19-24)36-20-33-28)18-26(21)32-34(2)29-10-6-7-11-30(29)35(32)25-8-4-3-5-9-25;/h3-17,20,22,27H,1-2H3;/q-1;. The Balaban J connectivity index is 0.00000252. The van der Waals surface area contributed by atoms with Gasteiger partial charge < -0.3 is 4.42 Å². The first-order chi connectivity index (χ1) is 17.7. The number of benzene rings is 3. The number of rotatable bonds is 3. The van der Waals surface area contributed by atoms with E-state index in [0.717, 1.165) is 45.2 Å². The number of aryl methyl sites for hydroxylation is 2. The van der Waals surface area contributed by atoms with Crippen LogP contribution in [-0.2, 0) is 39.8 Å². The molecule has 0 bridgehead atoms. The first-order valence-corrected chi connectivity index (χ1v) is 12.2. The molecule has 0 aliphatic heterocycles. The van der Waals surface area contributed by atoms with Crippen molar-refractivity contribution in [1.29, 1.82) is 0 Å². The molecule has 7 rings (SSSR count). The quantitative estimate of drug-likeness (QED) is 0.191. The SMILES string of the molecule is Cc1ccc(C2=[C-]C3c4ocnc4C=CC3C=C2)[c-]c1-c1n(-c2ccccc2)c2ccccc2[n+]1C.[Y]. The van der Waals surface area contributed by atoms with E-state index in [0.29, 0.717) is 0 Å². The topological polar surface area (TPSA) is 34.8 Å². The summed E-state index contributed by atoms with van der Waals surface area (Å²) in [5, 5.41) is 0. The van der Waals surface area contributed by atoms with Gasteiger partial charge in [-0.1, -0.05) is 43.3 Å². The molecule has 2 atom stereocenters. The van der Waals surface area contributed by atoms with Crippen LogP contribution in [0.4, 0.5) is 0 Å². The largest absolute Gasteiger partial charge is 0.448 e.